The first-order valence-corrected chi connectivity index (χ1v) is 8.22. The molecule has 1 aliphatic heterocycles. The number of aryl methyl sites for hydroxylation is 2. The molecule has 1 amide bonds. The Bertz CT molecular complexity index is 795. The number of benzene rings is 1. The molecular weight excluding hydrogens is 306 g/mol. The Labute approximate surface area is 140 Å². The molecule has 1 aromatic carbocycles. The molecule has 126 valence electrons. The van der Waals surface area contributed by atoms with Crippen LogP contribution in [0.4, 0.5) is 5.82 Å². The van der Waals surface area contributed by atoms with E-state index < -0.39 is 5.97 Å². The molecule has 3 rings (SSSR count). The number of carbonyl (C=O) groups excluding carboxylic acids is 1. The number of carbonyl (C=O) groups is 2. The highest BCUT2D eigenvalue weighted by molar-refractivity contribution is 5.96. The van der Waals surface area contributed by atoms with Gasteiger partial charge in [-0.15, -0.1) is 0 Å². The van der Waals surface area contributed by atoms with Crippen molar-refractivity contribution in [3.63, 3.8) is 0 Å². The number of aromatic carboxylic acids is 1. The summed E-state index contributed by atoms with van der Waals surface area (Å²) in [5, 5.41) is 17.0. The van der Waals surface area contributed by atoms with Crippen LogP contribution in [-0.4, -0.2) is 26.8 Å². The van der Waals surface area contributed by atoms with Gasteiger partial charge in [-0.3, -0.25) is 4.79 Å². The number of amides is 1. The van der Waals surface area contributed by atoms with Gasteiger partial charge in [0.25, 0.3) is 0 Å². The van der Waals surface area contributed by atoms with E-state index in [2.05, 4.69) is 17.3 Å². The highest BCUT2D eigenvalue weighted by Gasteiger charge is 2.33. The van der Waals surface area contributed by atoms with Crippen LogP contribution >= 0.6 is 0 Å². The van der Waals surface area contributed by atoms with Gasteiger partial charge >= 0.3 is 5.97 Å². The van der Waals surface area contributed by atoms with Crippen molar-refractivity contribution in [2.75, 3.05) is 5.32 Å². The number of unbranched alkanes of at least 4 members (excludes halogenated alkanes) is 1. The van der Waals surface area contributed by atoms with Crippen molar-refractivity contribution in [2.45, 2.75) is 45.6 Å². The first kappa shape index (κ1) is 16.2. The minimum atomic E-state index is -0.978. The van der Waals surface area contributed by atoms with Crippen LogP contribution in [0.5, 0.6) is 0 Å². The van der Waals surface area contributed by atoms with E-state index in [0.717, 1.165) is 30.6 Å². The van der Waals surface area contributed by atoms with Gasteiger partial charge in [0.05, 0.1) is 11.3 Å². The average Bonchev–Trinajstić information content (AvgIpc) is 2.88. The molecule has 2 N–H and O–H groups in total. The van der Waals surface area contributed by atoms with E-state index in [4.69, 9.17) is 0 Å². The quantitative estimate of drug-likeness (QED) is 0.883. The molecule has 0 aliphatic carbocycles. The Balaban J connectivity index is 2.12. The molecule has 1 aromatic heterocycles. The van der Waals surface area contributed by atoms with Gasteiger partial charge in [0, 0.05) is 24.4 Å². The zero-order valence-corrected chi connectivity index (χ0v) is 13.9. The minimum Gasteiger partial charge on any atom is -0.478 e. The number of hydrogen-bond donors (Lipinski definition) is 2. The van der Waals surface area contributed by atoms with Gasteiger partial charge < -0.3 is 10.4 Å². The summed E-state index contributed by atoms with van der Waals surface area (Å²) in [5.74, 6) is -0.654. The fourth-order valence-corrected chi connectivity index (χ4v) is 3.35. The molecule has 0 fully saturated rings. The van der Waals surface area contributed by atoms with Gasteiger partial charge in [-0.1, -0.05) is 31.5 Å². The van der Waals surface area contributed by atoms with Crippen LogP contribution in [0.25, 0.3) is 0 Å². The number of nitrogens with zero attached hydrogens (tertiary/aromatic N) is 2. The number of carboxylic acid groups (broad SMARTS) is 1. The topological polar surface area (TPSA) is 84.2 Å². The van der Waals surface area contributed by atoms with E-state index in [9.17, 15) is 14.7 Å². The summed E-state index contributed by atoms with van der Waals surface area (Å²) in [4.78, 5) is 23.8. The first-order valence-electron chi connectivity index (χ1n) is 8.22. The molecule has 1 atom stereocenters. The molecule has 1 aliphatic rings. The molecular formula is C18H21N3O3. The van der Waals surface area contributed by atoms with Gasteiger partial charge in [-0.2, -0.15) is 5.10 Å². The fraction of sp³-hybridized carbons (Fsp3) is 0.389. The zero-order valence-electron chi connectivity index (χ0n) is 13.9. The molecule has 0 bridgehead atoms. The van der Waals surface area contributed by atoms with Crippen molar-refractivity contribution < 1.29 is 14.7 Å². The second kappa shape index (κ2) is 6.47. The Morgan fingerprint density at radius 2 is 2.17 bits per heavy atom. The molecule has 24 heavy (non-hydrogen) atoms. The lowest BCUT2D eigenvalue weighted by Crippen LogP contribution is -2.26. The Morgan fingerprint density at radius 3 is 2.88 bits per heavy atom. The lowest BCUT2D eigenvalue weighted by Gasteiger charge is -2.25. The van der Waals surface area contributed by atoms with Gasteiger partial charge in [0.2, 0.25) is 5.91 Å². The molecule has 0 spiro atoms. The van der Waals surface area contributed by atoms with E-state index in [1.807, 2.05) is 17.7 Å². The number of carboxylic acids is 1. The molecule has 0 saturated carbocycles. The Kier molecular flexibility index (Phi) is 4.38. The molecule has 1 unspecified atom stereocenters. The maximum Gasteiger partial charge on any atom is 0.335 e. The van der Waals surface area contributed by atoms with Crippen LogP contribution in [0.15, 0.2) is 24.3 Å². The van der Waals surface area contributed by atoms with Crippen molar-refractivity contribution in [2.24, 2.45) is 0 Å². The monoisotopic (exact) mass is 327 g/mol. The SMILES string of the molecule is CCCCn1nc(C)c2c1NC(=O)CC2c1ccccc1C(=O)O. The third-order valence-electron chi connectivity index (χ3n) is 4.46. The van der Waals surface area contributed by atoms with Crippen molar-refractivity contribution in [3.05, 3.63) is 46.6 Å². The van der Waals surface area contributed by atoms with Gasteiger partial charge in [0.15, 0.2) is 0 Å². The Hall–Kier alpha value is -2.63. The second-order valence-electron chi connectivity index (χ2n) is 6.12. The first-order chi connectivity index (χ1) is 11.5. The number of hydrogen-bond acceptors (Lipinski definition) is 3. The van der Waals surface area contributed by atoms with Crippen LogP contribution in [0.1, 0.15) is 59.3 Å². The number of rotatable bonds is 5. The summed E-state index contributed by atoms with van der Waals surface area (Å²) in [6.07, 6.45) is 2.24. The van der Waals surface area contributed by atoms with Gasteiger partial charge in [-0.25, -0.2) is 9.48 Å². The summed E-state index contributed by atoms with van der Waals surface area (Å²) in [5.41, 5.74) is 2.67. The summed E-state index contributed by atoms with van der Waals surface area (Å²) < 4.78 is 1.83. The molecule has 0 saturated heterocycles. The maximum absolute atomic E-state index is 12.2. The maximum atomic E-state index is 12.2. The van der Waals surface area contributed by atoms with E-state index >= 15 is 0 Å². The second-order valence-corrected chi connectivity index (χ2v) is 6.12. The van der Waals surface area contributed by atoms with E-state index in [1.54, 1.807) is 18.2 Å². The number of fused-ring (bicyclic) bond motifs is 1. The van der Waals surface area contributed by atoms with E-state index in [1.165, 1.54) is 0 Å². The summed E-state index contributed by atoms with van der Waals surface area (Å²) in [6.45, 7) is 4.75. The van der Waals surface area contributed by atoms with Gasteiger partial charge in [0.1, 0.15) is 5.82 Å². The highest BCUT2D eigenvalue weighted by Crippen LogP contribution is 2.40. The highest BCUT2D eigenvalue weighted by atomic mass is 16.4. The predicted octanol–water partition coefficient (Wildman–Crippen LogP) is 3.16. The summed E-state index contributed by atoms with van der Waals surface area (Å²) in [7, 11) is 0. The molecule has 0 radical (unpaired) electrons. The number of aromatic nitrogens is 2. The zero-order chi connectivity index (χ0) is 17.3. The van der Waals surface area contributed by atoms with Crippen molar-refractivity contribution >= 4 is 17.7 Å². The van der Waals surface area contributed by atoms with Crippen LogP contribution in [0, 0.1) is 6.92 Å². The standard InChI is InChI=1S/C18H21N3O3/c1-3-4-9-21-17-16(11(2)20-21)14(10-15(22)19-17)12-7-5-6-8-13(12)18(23)24/h5-8,14H,3-4,9-10H2,1-2H3,(H,19,22)(H,23,24). The lowest BCUT2D eigenvalue weighted by atomic mass is 9.83. The molecule has 2 heterocycles. The van der Waals surface area contributed by atoms with Crippen LogP contribution in [-0.2, 0) is 11.3 Å². The van der Waals surface area contributed by atoms with Crippen molar-refractivity contribution in [1.82, 2.24) is 9.78 Å². The third kappa shape index (κ3) is 2.79. The summed E-state index contributed by atoms with van der Waals surface area (Å²) >= 11 is 0. The number of nitrogens with one attached hydrogen (secondary N) is 1. The van der Waals surface area contributed by atoms with Crippen molar-refractivity contribution in [3.8, 4) is 0 Å². The minimum absolute atomic E-state index is 0.106. The smallest absolute Gasteiger partial charge is 0.335 e. The predicted molar refractivity (Wildman–Crippen MR) is 90.4 cm³/mol. The number of anilines is 1. The molecule has 2 aromatic rings. The normalized spacial score (nSPS) is 16.6. The lowest BCUT2D eigenvalue weighted by molar-refractivity contribution is -0.116. The van der Waals surface area contributed by atoms with E-state index in [0.29, 0.717) is 11.4 Å². The van der Waals surface area contributed by atoms with Crippen molar-refractivity contribution in [1.29, 1.82) is 0 Å². The summed E-state index contributed by atoms with van der Waals surface area (Å²) in [6, 6.07) is 6.89. The van der Waals surface area contributed by atoms with Gasteiger partial charge in [-0.05, 0) is 25.0 Å². The molecule has 6 heteroatoms. The fourth-order valence-electron chi connectivity index (χ4n) is 3.35. The van der Waals surface area contributed by atoms with Crippen LogP contribution < -0.4 is 5.32 Å². The van der Waals surface area contributed by atoms with Crippen LogP contribution in [0.2, 0.25) is 0 Å². The average molecular weight is 327 g/mol. The van der Waals surface area contributed by atoms with E-state index in [-0.39, 0.29) is 23.8 Å². The third-order valence-corrected chi connectivity index (χ3v) is 4.46. The molecule has 6 nitrogen and oxygen atoms in total. The largest absolute Gasteiger partial charge is 0.478 e. The van der Waals surface area contributed by atoms with Crippen LogP contribution in [0.3, 0.4) is 0 Å². The Morgan fingerprint density at radius 1 is 1.42 bits per heavy atom.